The number of nitrogens with zero attached hydrogens (tertiary/aromatic N) is 1. The lowest BCUT2D eigenvalue weighted by molar-refractivity contribution is -0.122. The zero-order valence-corrected chi connectivity index (χ0v) is 19.3. The van der Waals surface area contributed by atoms with Crippen LogP contribution in [0.4, 0.5) is 5.69 Å². The predicted molar refractivity (Wildman–Crippen MR) is 136 cm³/mol. The normalized spacial score (nSPS) is 15.2. The summed E-state index contributed by atoms with van der Waals surface area (Å²) in [6.45, 7) is 0. The minimum Gasteiger partial charge on any atom is -0.457 e. The van der Waals surface area contributed by atoms with Crippen molar-refractivity contribution < 1.29 is 14.3 Å². The summed E-state index contributed by atoms with van der Waals surface area (Å²) in [6.07, 6.45) is 1.58. The van der Waals surface area contributed by atoms with E-state index in [9.17, 15) is 9.59 Å². The molecule has 162 valence electrons. The third-order valence-electron chi connectivity index (χ3n) is 5.04. The van der Waals surface area contributed by atoms with Crippen molar-refractivity contribution in [1.82, 2.24) is 5.32 Å². The molecule has 0 radical (unpaired) electrons. The van der Waals surface area contributed by atoms with E-state index in [2.05, 4.69) is 5.32 Å². The maximum Gasteiger partial charge on any atom is 0.270 e. The fraction of sp³-hybridized carbons (Fsp3) is 0. The van der Waals surface area contributed by atoms with Crippen LogP contribution >= 0.6 is 35.2 Å². The number of ether oxygens (including phenoxy) is 1. The molecule has 1 fully saturated rings. The Bertz CT molecular complexity index is 1430. The Morgan fingerprint density at radius 1 is 0.970 bits per heavy atom. The number of halogens is 1. The number of nitrogens with one attached hydrogen (secondary N) is 1. The van der Waals surface area contributed by atoms with Gasteiger partial charge in [-0.05, 0) is 83.8 Å². The maximum atomic E-state index is 13.3. The van der Waals surface area contributed by atoms with Crippen LogP contribution in [-0.4, -0.2) is 16.9 Å². The van der Waals surface area contributed by atoms with Gasteiger partial charge in [-0.3, -0.25) is 19.8 Å². The number of amides is 2. The number of benzene rings is 3. The molecule has 5 nitrogen and oxygen atoms in total. The molecule has 2 amide bonds. The van der Waals surface area contributed by atoms with Gasteiger partial charge in [0.2, 0.25) is 0 Å². The molecule has 8 heteroatoms. The van der Waals surface area contributed by atoms with Crippen LogP contribution in [0.5, 0.6) is 11.5 Å². The summed E-state index contributed by atoms with van der Waals surface area (Å²) in [5.74, 6) is 0.283. The molecule has 33 heavy (non-hydrogen) atoms. The summed E-state index contributed by atoms with van der Waals surface area (Å²) in [4.78, 5) is 27.2. The second kappa shape index (κ2) is 8.78. The number of carbonyl (C=O) groups is 2. The number of para-hydroxylation sites is 1. The molecular formula is C25H15ClN2O3S2. The minimum absolute atomic E-state index is 0.00659. The van der Waals surface area contributed by atoms with Gasteiger partial charge < -0.3 is 4.74 Å². The number of carbonyl (C=O) groups excluding carboxylic acids is 2. The molecule has 1 aliphatic heterocycles. The van der Waals surface area contributed by atoms with E-state index in [0.717, 1.165) is 15.6 Å². The Morgan fingerprint density at radius 3 is 2.45 bits per heavy atom. The van der Waals surface area contributed by atoms with Gasteiger partial charge in [0.15, 0.2) is 5.11 Å². The van der Waals surface area contributed by atoms with E-state index in [1.54, 1.807) is 36.4 Å². The lowest BCUT2D eigenvalue weighted by atomic mass is 10.1. The second-order valence-corrected chi connectivity index (χ2v) is 8.93. The molecule has 3 aromatic carbocycles. The average molecular weight is 491 g/mol. The fourth-order valence-corrected chi connectivity index (χ4v) is 4.82. The van der Waals surface area contributed by atoms with Crippen molar-refractivity contribution >= 4 is 73.9 Å². The Labute approximate surface area is 203 Å². The van der Waals surface area contributed by atoms with Crippen molar-refractivity contribution in [3.63, 3.8) is 0 Å². The first-order chi connectivity index (χ1) is 16.0. The van der Waals surface area contributed by atoms with E-state index in [1.165, 1.54) is 16.2 Å². The Balaban J connectivity index is 1.45. The summed E-state index contributed by atoms with van der Waals surface area (Å²) in [7, 11) is 0. The van der Waals surface area contributed by atoms with Gasteiger partial charge in [0.25, 0.3) is 11.8 Å². The number of thiophene rings is 1. The van der Waals surface area contributed by atoms with E-state index >= 15 is 0 Å². The minimum atomic E-state index is -0.536. The lowest BCUT2D eigenvalue weighted by Gasteiger charge is -2.29. The van der Waals surface area contributed by atoms with Crippen LogP contribution in [0.2, 0.25) is 5.02 Å². The molecule has 0 atom stereocenters. The smallest absolute Gasteiger partial charge is 0.270 e. The van der Waals surface area contributed by atoms with Crippen molar-refractivity contribution in [2.75, 3.05) is 4.90 Å². The fourth-order valence-electron chi connectivity index (χ4n) is 3.47. The number of fused-ring (bicyclic) bond motifs is 1. The Kier molecular flexibility index (Phi) is 5.68. The molecule has 2 heterocycles. The van der Waals surface area contributed by atoms with Crippen molar-refractivity contribution in [3.05, 3.63) is 94.3 Å². The summed E-state index contributed by atoms with van der Waals surface area (Å²) >= 11 is 12.9. The van der Waals surface area contributed by atoms with Crippen LogP contribution in [0.3, 0.4) is 0 Å². The molecule has 0 spiro atoms. The molecule has 1 N–H and O–H groups in total. The van der Waals surface area contributed by atoms with Gasteiger partial charge >= 0.3 is 0 Å². The topological polar surface area (TPSA) is 58.6 Å². The van der Waals surface area contributed by atoms with E-state index in [1.807, 2.05) is 47.8 Å². The van der Waals surface area contributed by atoms with Gasteiger partial charge in [0, 0.05) is 15.1 Å². The standard InChI is InChI=1S/C25H15ClN2O3S2/c26-16-6-11-22-20(13-16)15(14-33-22)12-21-23(29)27-25(32)28(24(21)30)17-7-9-19(10-8-17)31-18-4-2-1-3-5-18/h1-14H,(H,27,29,32). The van der Waals surface area contributed by atoms with E-state index in [4.69, 9.17) is 28.6 Å². The SMILES string of the molecule is O=C1NC(=S)N(c2ccc(Oc3ccccc3)cc2)C(=O)C1=Cc1csc2ccc(Cl)cc12. The monoisotopic (exact) mass is 490 g/mol. The molecule has 1 aromatic heterocycles. The first kappa shape index (κ1) is 21.3. The lowest BCUT2D eigenvalue weighted by Crippen LogP contribution is -2.54. The third kappa shape index (κ3) is 4.26. The number of hydrogen-bond donors (Lipinski definition) is 1. The summed E-state index contributed by atoms with van der Waals surface area (Å²) < 4.78 is 6.82. The first-order valence-corrected chi connectivity index (χ1v) is 11.6. The van der Waals surface area contributed by atoms with Crippen LogP contribution < -0.4 is 15.0 Å². The van der Waals surface area contributed by atoms with E-state index in [-0.39, 0.29) is 10.7 Å². The van der Waals surface area contributed by atoms with Crippen molar-refractivity contribution in [3.8, 4) is 11.5 Å². The number of thiocarbonyl (C=S) groups is 1. The molecule has 0 saturated carbocycles. The molecule has 1 saturated heterocycles. The molecular weight excluding hydrogens is 476 g/mol. The predicted octanol–water partition coefficient (Wildman–Crippen LogP) is 6.18. The highest BCUT2D eigenvalue weighted by atomic mass is 35.5. The third-order valence-corrected chi connectivity index (χ3v) is 6.54. The highest BCUT2D eigenvalue weighted by Gasteiger charge is 2.34. The van der Waals surface area contributed by atoms with Crippen molar-refractivity contribution in [2.45, 2.75) is 0 Å². The number of anilines is 1. The summed E-state index contributed by atoms with van der Waals surface area (Å²) in [5.41, 5.74) is 1.26. The Hall–Kier alpha value is -3.52. The molecule has 4 aromatic rings. The maximum absolute atomic E-state index is 13.3. The highest BCUT2D eigenvalue weighted by molar-refractivity contribution is 7.80. The highest BCUT2D eigenvalue weighted by Crippen LogP contribution is 2.32. The average Bonchev–Trinajstić information content (AvgIpc) is 3.20. The molecule has 0 unspecified atom stereocenters. The largest absolute Gasteiger partial charge is 0.457 e. The molecule has 5 rings (SSSR count). The second-order valence-electron chi connectivity index (χ2n) is 7.20. The van der Waals surface area contributed by atoms with Crippen molar-refractivity contribution in [2.24, 2.45) is 0 Å². The quantitative estimate of drug-likeness (QED) is 0.211. The van der Waals surface area contributed by atoms with Gasteiger partial charge in [-0.1, -0.05) is 29.8 Å². The van der Waals surface area contributed by atoms with Crippen LogP contribution in [0, 0.1) is 0 Å². The van der Waals surface area contributed by atoms with Gasteiger partial charge in [0.05, 0.1) is 5.69 Å². The number of hydrogen-bond acceptors (Lipinski definition) is 5. The van der Waals surface area contributed by atoms with Crippen LogP contribution in [0.25, 0.3) is 16.2 Å². The van der Waals surface area contributed by atoms with Gasteiger partial charge in [-0.25, -0.2) is 0 Å². The zero-order valence-electron chi connectivity index (χ0n) is 16.9. The Morgan fingerprint density at radius 2 is 1.70 bits per heavy atom. The van der Waals surface area contributed by atoms with Gasteiger partial charge in [-0.2, -0.15) is 0 Å². The van der Waals surface area contributed by atoms with Crippen LogP contribution in [0.15, 0.2) is 83.7 Å². The molecule has 1 aliphatic rings. The first-order valence-electron chi connectivity index (χ1n) is 9.91. The summed E-state index contributed by atoms with van der Waals surface area (Å²) in [6, 6.07) is 21.8. The van der Waals surface area contributed by atoms with E-state index < -0.39 is 11.8 Å². The number of rotatable bonds is 4. The van der Waals surface area contributed by atoms with Gasteiger partial charge in [0.1, 0.15) is 17.1 Å². The van der Waals surface area contributed by atoms with Crippen LogP contribution in [-0.2, 0) is 9.59 Å². The zero-order chi connectivity index (χ0) is 22.9. The van der Waals surface area contributed by atoms with Gasteiger partial charge in [-0.15, -0.1) is 11.3 Å². The summed E-state index contributed by atoms with van der Waals surface area (Å²) in [5, 5.41) is 5.99. The molecule has 0 bridgehead atoms. The van der Waals surface area contributed by atoms with Crippen molar-refractivity contribution in [1.29, 1.82) is 0 Å². The van der Waals surface area contributed by atoms with E-state index in [0.29, 0.717) is 22.2 Å². The molecule has 0 aliphatic carbocycles. The van der Waals surface area contributed by atoms with Crippen LogP contribution in [0.1, 0.15) is 5.56 Å².